The quantitative estimate of drug-likeness (QED) is 0.349. The summed E-state index contributed by atoms with van der Waals surface area (Å²) in [6, 6.07) is 9.35. The lowest BCUT2D eigenvalue weighted by Gasteiger charge is -2.34. The highest BCUT2D eigenvalue weighted by Crippen LogP contribution is 2.40. The van der Waals surface area contributed by atoms with E-state index in [4.69, 9.17) is 4.74 Å². The van der Waals surface area contributed by atoms with Crippen LogP contribution in [0.25, 0.3) is 27.8 Å². The third kappa shape index (κ3) is 5.25. The Morgan fingerprint density at radius 3 is 2.62 bits per heavy atom. The fourth-order valence-electron chi connectivity index (χ4n) is 5.84. The topological polar surface area (TPSA) is 92.6 Å². The van der Waals surface area contributed by atoms with Crippen LogP contribution in [0.2, 0.25) is 0 Å². The van der Waals surface area contributed by atoms with Crippen LogP contribution in [0.15, 0.2) is 36.8 Å². The zero-order chi connectivity index (χ0) is 26.3. The minimum atomic E-state index is -2.93. The molecule has 1 N–H and O–H groups in total. The van der Waals surface area contributed by atoms with Gasteiger partial charge >= 0.3 is 0 Å². The summed E-state index contributed by atoms with van der Waals surface area (Å²) in [6.07, 6.45) is 9.29. The zero-order valence-electron chi connectivity index (χ0n) is 22.4. The molecule has 0 radical (unpaired) electrons. The van der Waals surface area contributed by atoms with Gasteiger partial charge in [-0.2, -0.15) is 5.10 Å². The molecule has 37 heavy (non-hydrogen) atoms. The van der Waals surface area contributed by atoms with E-state index < -0.39 is 9.84 Å². The molecule has 1 aliphatic rings. The second-order valence-corrected chi connectivity index (χ2v) is 13.1. The maximum absolute atomic E-state index is 11.6. The number of benzene rings is 1. The number of nitrogens with zero attached hydrogens (tertiary/aromatic N) is 4. The molecule has 0 aliphatic heterocycles. The number of hydrogen-bond donors (Lipinski definition) is 1. The lowest BCUT2D eigenvalue weighted by atomic mass is 9.80. The molecule has 0 saturated heterocycles. The minimum Gasteiger partial charge on any atom is -0.493 e. The van der Waals surface area contributed by atoms with E-state index in [-0.39, 0.29) is 5.75 Å². The average Bonchev–Trinajstić information content (AvgIpc) is 3.50. The van der Waals surface area contributed by atoms with Gasteiger partial charge in [-0.3, -0.25) is 0 Å². The van der Waals surface area contributed by atoms with Crippen LogP contribution < -0.4 is 4.74 Å². The van der Waals surface area contributed by atoms with Crippen molar-refractivity contribution in [3.63, 3.8) is 0 Å². The molecule has 1 fully saturated rings. The van der Waals surface area contributed by atoms with Crippen molar-refractivity contribution in [3.05, 3.63) is 47.9 Å². The number of aromatic amines is 1. The van der Waals surface area contributed by atoms with Crippen molar-refractivity contribution < 1.29 is 13.2 Å². The van der Waals surface area contributed by atoms with Crippen LogP contribution in [0.4, 0.5) is 0 Å². The van der Waals surface area contributed by atoms with Crippen LogP contribution in [0.3, 0.4) is 0 Å². The largest absolute Gasteiger partial charge is 0.493 e. The van der Waals surface area contributed by atoms with Gasteiger partial charge in [-0.25, -0.2) is 17.9 Å². The standard InChI is InChI=1S/C28H37N5O3S/c1-18(2)26-23-14-20(19-6-9-22(10-7-19)32(3)12-13-37(5,34)35)8-11-24(23)31-27(26)21-15-25(36-4)28-29-17-30-33(28)16-21/h8,11,14-19,22,31H,6-7,9-10,12-13H2,1-5H3. The Kier molecular flexibility index (Phi) is 7.02. The Morgan fingerprint density at radius 1 is 1.19 bits per heavy atom. The molecule has 0 unspecified atom stereocenters. The first-order chi connectivity index (χ1) is 17.6. The molecule has 1 aliphatic carbocycles. The van der Waals surface area contributed by atoms with Gasteiger partial charge in [0.2, 0.25) is 0 Å². The second-order valence-electron chi connectivity index (χ2n) is 10.8. The molecule has 0 spiro atoms. The Hall–Kier alpha value is -2.91. The molecule has 1 saturated carbocycles. The number of ether oxygens (including phenoxy) is 1. The lowest BCUT2D eigenvalue weighted by molar-refractivity contribution is 0.191. The van der Waals surface area contributed by atoms with Crippen molar-refractivity contribution in [2.45, 2.75) is 57.4 Å². The summed E-state index contributed by atoms with van der Waals surface area (Å²) < 4.78 is 30.5. The third-order valence-electron chi connectivity index (χ3n) is 7.90. The molecular formula is C28H37N5O3S. The van der Waals surface area contributed by atoms with Crippen molar-refractivity contribution in [1.82, 2.24) is 24.5 Å². The summed E-state index contributed by atoms with van der Waals surface area (Å²) in [5.74, 6) is 1.77. The lowest BCUT2D eigenvalue weighted by Crippen LogP contribution is -2.37. The van der Waals surface area contributed by atoms with Crippen LogP contribution in [0.5, 0.6) is 5.75 Å². The zero-order valence-corrected chi connectivity index (χ0v) is 23.2. The van der Waals surface area contributed by atoms with Crippen molar-refractivity contribution >= 4 is 26.4 Å². The molecule has 3 heterocycles. The molecular weight excluding hydrogens is 486 g/mol. The minimum absolute atomic E-state index is 0.226. The monoisotopic (exact) mass is 523 g/mol. The predicted octanol–water partition coefficient (Wildman–Crippen LogP) is 5.01. The second kappa shape index (κ2) is 10.1. The van der Waals surface area contributed by atoms with Gasteiger partial charge < -0.3 is 14.6 Å². The van der Waals surface area contributed by atoms with Crippen molar-refractivity contribution in [1.29, 1.82) is 0 Å². The summed E-state index contributed by atoms with van der Waals surface area (Å²) in [5, 5.41) is 5.61. The molecule has 8 nitrogen and oxygen atoms in total. The van der Waals surface area contributed by atoms with Gasteiger partial charge in [0, 0.05) is 41.5 Å². The number of rotatable bonds is 8. The number of H-pyrrole nitrogens is 1. The SMILES string of the molecule is COc1cc(-c2[nH]c3ccc(C4CCC(N(C)CCS(C)(=O)=O)CC4)cc3c2C(C)C)cn2ncnc12. The third-order valence-corrected chi connectivity index (χ3v) is 8.82. The first-order valence-electron chi connectivity index (χ1n) is 13.1. The molecule has 0 bridgehead atoms. The molecule has 1 aromatic carbocycles. The van der Waals surface area contributed by atoms with Crippen LogP contribution in [0.1, 0.15) is 62.5 Å². The van der Waals surface area contributed by atoms with E-state index in [2.05, 4.69) is 59.1 Å². The Labute approximate surface area is 219 Å². The first kappa shape index (κ1) is 25.7. The summed E-state index contributed by atoms with van der Waals surface area (Å²) in [7, 11) is 0.786. The molecule has 3 aromatic heterocycles. The number of pyridine rings is 1. The number of hydrogen-bond acceptors (Lipinski definition) is 6. The maximum Gasteiger partial charge on any atom is 0.197 e. The van der Waals surface area contributed by atoms with E-state index in [1.54, 1.807) is 18.0 Å². The van der Waals surface area contributed by atoms with Gasteiger partial charge in [0.15, 0.2) is 11.4 Å². The molecule has 4 aromatic rings. The first-order valence-corrected chi connectivity index (χ1v) is 15.1. The Bertz CT molecular complexity index is 1510. The Morgan fingerprint density at radius 2 is 1.95 bits per heavy atom. The fourth-order valence-corrected chi connectivity index (χ4v) is 6.46. The summed E-state index contributed by atoms with van der Waals surface area (Å²) in [5.41, 5.74) is 6.64. The van der Waals surface area contributed by atoms with E-state index in [0.29, 0.717) is 35.8 Å². The van der Waals surface area contributed by atoms with Crippen LogP contribution in [-0.2, 0) is 9.84 Å². The number of fused-ring (bicyclic) bond motifs is 2. The van der Waals surface area contributed by atoms with Crippen LogP contribution in [0, 0.1) is 0 Å². The van der Waals surface area contributed by atoms with Gasteiger partial charge in [0.25, 0.3) is 0 Å². The van der Waals surface area contributed by atoms with Gasteiger partial charge in [-0.1, -0.05) is 19.9 Å². The molecule has 198 valence electrons. The van der Waals surface area contributed by atoms with E-state index in [9.17, 15) is 8.42 Å². The number of nitrogens with one attached hydrogen (secondary N) is 1. The summed E-state index contributed by atoms with van der Waals surface area (Å²) >= 11 is 0. The average molecular weight is 524 g/mol. The highest BCUT2D eigenvalue weighted by atomic mass is 32.2. The van der Waals surface area contributed by atoms with E-state index in [1.807, 2.05) is 12.3 Å². The maximum atomic E-state index is 11.6. The van der Waals surface area contributed by atoms with Gasteiger partial charge in [0.05, 0.1) is 18.6 Å². The van der Waals surface area contributed by atoms with Gasteiger partial charge in [-0.15, -0.1) is 0 Å². The number of methoxy groups -OCH3 is 1. The van der Waals surface area contributed by atoms with Crippen LogP contribution >= 0.6 is 0 Å². The van der Waals surface area contributed by atoms with Crippen molar-refractivity contribution in [2.75, 3.05) is 32.7 Å². The van der Waals surface area contributed by atoms with Gasteiger partial charge in [-0.05, 0) is 73.9 Å². The highest BCUT2D eigenvalue weighted by molar-refractivity contribution is 7.90. The normalized spacial score (nSPS) is 18.9. The van der Waals surface area contributed by atoms with E-state index in [1.165, 1.54) is 22.8 Å². The highest BCUT2D eigenvalue weighted by Gasteiger charge is 2.26. The summed E-state index contributed by atoms with van der Waals surface area (Å²) in [4.78, 5) is 10.2. The predicted molar refractivity (Wildman–Crippen MR) is 148 cm³/mol. The molecule has 0 atom stereocenters. The van der Waals surface area contributed by atoms with E-state index >= 15 is 0 Å². The fraction of sp³-hybridized carbons (Fsp3) is 0.500. The summed E-state index contributed by atoms with van der Waals surface area (Å²) in [6.45, 7) is 5.08. The molecule has 0 amide bonds. The molecule has 9 heteroatoms. The van der Waals surface area contributed by atoms with Gasteiger partial charge in [0.1, 0.15) is 16.2 Å². The smallest absolute Gasteiger partial charge is 0.197 e. The Balaban J connectivity index is 1.42. The van der Waals surface area contributed by atoms with E-state index in [0.717, 1.165) is 42.5 Å². The number of sulfone groups is 1. The molecule has 5 rings (SSSR count). The van der Waals surface area contributed by atoms with Crippen molar-refractivity contribution in [3.8, 4) is 17.0 Å². The number of aromatic nitrogens is 4. The van der Waals surface area contributed by atoms with Crippen LogP contribution in [-0.4, -0.2) is 71.7 Å². The van der Waals surface area contributed by atoms with Crippen molar-refractivity contribution in [2.24, 2.45) is 0 Å².